The Morgan fingerprint density at radius 2 is 1.92 bits per heavy atom. The molecule has 0 aromatic heterocycles. The molecule has 0 saturated carbocycles. The molecule has 0 heterocycles. The van der Waals surface area contributed by atoms with E-state index in [4.69, 9.17) is 0 Å². The third-order valence-corrected chi connectivity index (χ3v) is 3.52. The first kappa shape index (κ1) is 17.4. The molecule has 6 nitrogen and oxygen atoms in total. The summed E-state index contributed by atoms with van der Waals surface area (Å²) in [5.74, 6) is -0.512. The number of aryl methyl sites for hydroxylation is 1. The van der Waals surface area contributed by atoms with Crippen LogP contribution in [0, 0.1) is 22.9 Å². The Hall–Kier alpha value is -2.96. The zero-order valence-corrected chi connectivity index (χ0v) is 13.2. The molecular formula is C17H18FN3O3. The van der Waals surface area contributed by atoms with Crippen LogP contribution in [0.4, 0.5) is 15.8 Å². The molecule has 0 aliphatic carbocycles. The molecule has 2 rings (SSSR count). The van der Waals surface area contributed by atoms with Crippen molar-refractivity contribution in [1.82, 2.24) is 5.32 Å². The van der Waals surface area contributed by atoms with Crippen molar-refractivity contribution in [2.75, 3.05) is 18.4 Å². The minimum atomic E-state index is -0.479. The lowest BCUT2D eigenvalue weighted by molar-refractivity contribution is -0.384. The molecule has 0 spiro atoms. The molecule has 0 aliphatic heterocycles. The van der Waals surface area contributed by atoms with E-state index in [1.165, 1.54) is 24.3 Å². The molecular weight excluding hydrogens is 313 g/mol. The van der Waals surface area contributed by atoms with Crippen molar-refractivity contribution in [1.29, 1.82) is 0 Å². The standard InChI is InChI=1S/C17H18FN3O3/c1-12-2-7-15(21(23)24)10-16(12)20-11-17(22)19-9-8-13-3-5-14(18)6-4-13/h2-7,10,20H,8-9,11H2,1H3,(H,19,22). The molecule has 7 heteroatoms. The number of nitro benzene ring substituents is 1. The van der Waals surface area contributed by atoms with Crippen LogP contribution >= 0.6 is 0 Å². The summed E-state index contributed by atoms with van der Waals surface area (Å²) in [5, 5.41) is 16.4. The molecule has 24 heavy (non-hydrogen) atoms. The van der Waals surface area contributed by atoms with Gasteiger partial charge < -0.3 is 10.6 Å². The van der Waals surface area contributed by atoms with Gasteiger partial charge in [0.25, 0.3) is 5.69 Å². The Kier molecular flexibility index (Phi) is 5.83. The predicted molar refractivity (Wildman–Crippen MR) is 89.4 cm³/mol. The average Bonchev–Trinajstić information content (AvgIpc) is 2.55. The van der Waals surface area contributed by atoms with Crippen molar-refractivity contribution in [3.8, 4) is 0 Å². The fraction of sp³-hybridized carbons (Fsp3) is 0.235. The molecule has 0 radical (unpaired) electrons. The largest absolute Gasteiger partial charge is 0.376 e. The first-order valence-corrected chi connectivity index (χ1v) is 7.46. The van der Waals surface area contributed by atoms with Gasteiger partial charge in [0.05, 0.1) is 11.5 Å². The number of hydrogen-bond acceptors (Lipinski definition) is 4. The van der Waals surface area contributed by atoms with Crippen molar-refractivity contribution >= 4 is 17.3 Å². The zero-order chi connectivity index (χ0) is 17.5. The van der Waals surface area contributed by atoms with Gasteiger partial charge in [0.1, 0.15) is 5.82 Å². The number of halogens is 1. The van der Waals surface area contributed by atoms with Crippen LogP contribution in [0.5, 0.6) is 0 Å². The number of non-ortho nitro benzene ring substituents is 1. The highest BCUT2D eigenvalue weighted by Gasteiger charge is 2.09. The number of anilines is 1. The number of rotatable bonds is 7. The van der Waals surface area contributed by atoms with Gasteiger partial charge in [-0.2, -0.15) is 0 Å². The molecule has 0 saturated heterocycles. The maximum absolute atomic E-state index is 12.8. The second-order valence-electron chi connectivity index (χ2n) is 5.34. The predicted octanol–water partition coefficient (Wildman–Crippen LogP) is 2.81. The van der Waals surface area contributed by atoms with Crippen LogP contribution in [0.2, 0.25) is 0 Å². The van der Waals surface area contributed by atoms with Crippen LogP contribution in [-0.4, -0.2) is 23.9 Å². The second kappa shape index (κ2) is 8.05. The molecule has 2 N–H and O–H groups in total. The van der Waals surface area contributed by atoms with Gasteiger partial charge in [0.2, 0.25) is 5.91 Å². The van der Waals surface area contributed by atoms with Gasteiger partial charge in [-0.3, -0.25) is 14.9 Å². The van der Waals surface area contributed by atoms with Crippen molar-refractivity contribution in [2.24, 2.45) is 0 Å². The fourth-order valence-corrected chi connectivity index (χ4v) is 2.15. The summed E-state index contributed by atoms with van der Waals surface area (Å²) in [5.41, 5.74) is 2.27. The van der Waals surface area contributed by atoms with Crippen molar-refractivity contribution in [3.05, 3.63) is 69.5 Å². The summed E-state index contributed by atoms with van der Waals surface area (Å²) in [6, 6.07) is 10.6. The van der Waals surface area contributed by atoms with Gasteiger partial charge in [-0.25, -0.2) is 4.39 Å². The summed E-state index contributed by atoms with van der Waals surface area (Å²) in [4.78, 5) is 22.1. The van der Waals surface area contributed by atoms with Crippen LogP contribution < -0.4 is 10.6 Å². The van der Waals surface area contributed by atoms with E-state index in [1.807, 2.05) is 0 Å². The van der Waals surface area contributed by atoms with E-state index in [-0.39, 0.29) is 24.0 Å². The molecule has 2 aromatic rings. The Labute approximate surface area is 138 Å². The number of nitrogens with zero attached hydrogens (tertiary/aromatic N) is 1. The maximum atomic E-state index is 12.8. The summed E-state index contributed by atoms with van der Waals surface area (Å²) in [7, 11) is 0. The van der Waals surface area contributed by atoms with E-state index in [1.54, 1.807) is 25.1 Å². The van der Waals surface area contributed by atoms with Crippen LogP contribution in [0.3, 0.4) is 0 Å². The number of hydrogen-bond donors (Lipinski definition) is 2. The van der Waals surface area contributed by atoms with Crippen LogP contribution in [0.25, 0.3) is 0 Å². The van der Waals surface area contributed by atoms with E-state index in [0.29, 0.717) is 18.7 Å². The third kappa shape index (κ3) is 5.05. The molecule has 126 valence electrons. The fourth-order valence-electron chi connectivity index (χ4n) is 2.15. The highest BCUT2D eigenvalue weighted by Crippen LogP contribution is 2.21. The first-order valence-electron chi connectivity index (χ1n) is 7.46. The van der Waals surface area contributed by atoms with Crippen LogP contribution in [0.15, 0.2) is 42.5 Å². The summed E-state index contributed by atoms with van der Waals surface area (Å²) in [6.45, 7) is 2.25. The molecule has 0 unspecified atom stereocenters. The Bertz CT molecular complexity index is 732. The lowest BCUT2D eigenvalue weighted by atomic mass is 10.1. The molecule has 0 bridgehead atoms. The summed E-state index contributed by atoms with van der Waals surface area (Å²) in [6.07, 6.45) is 0.599. The quantitative estimate of drug-likeness (QED) is 0.603. The zero-order valence-electron chi connectivity index (χ0n) is 13.2. The SMILES string of the molecule is Cc1ccc([N+](=O)[O-])cc1NCC(=O)NCCc1ccc(F)cc1. The molecule has 0 fully saturated rings. The Morgan fingerprint density at radius 1 is 1.21 bits per heavy atom. The molecule has 2 aromatic carbocycles. The van der Waals surface area contributed by atoms with E-state index in [0.717, 1.165) is 11.1 Å². The molecule has 0 atom stereocenters. The summed E-state index contributed by atoms with van der Waals surface area (Å²) < 4.78 is 12.8. The second-order valence-corrected chi connectivity index (χ2v) is 5.34. The topological polar surface area (TPSA) is 84.3 Å². The average molecular weight is 331 g/mol. The van der Waals surface area contributed by atoms with Gasteiger partial charge in [0, 0.05) is 24.4 Å². The van der Waals surface area contributed by atoms with Crippen molar-refractivity contribution < 1.29 is 14.1 Å². The van der Waals surface area contributed by atoms with E-state index in [9.17, 15) is 19.3 Å². The third-order valence-electron chi connectivity index (χ3n) is 3.52. The Morgan fingerprint density at radius 3 is 2.58 bits per heavy atom. The van der Waals surface area contributed by atoms with E-state index >= 15 is 0 Å². The van der Waals surface area contributed by atoms with Gasteiger partial charge >= 0.3 is 0 Å². The number of nitro groups is 1. The number of carbonyl (C=O) groups is 1. The van der Waals surface area contributed by atoms with Gasteiger partial charge in [-0.1, -0.05) is 18.2 Å². The summed E-state index contributed by atoms with van der Waals surface area (Å²) >= 11 is 0. The van der Waals surface area contributed by atoms with Gasteiger partial charge in [-0.05, 0) is 36.6 Å². The highest BCUT2D eigenvalue weighted by molar-refractivity contribution is 5.81. The Balaban J connectivity index is 1.80. The smallest absolute Gasteiger partial charge is 0.271 e. The minimum absolute atomic E-state index is 0.0193. The highest BCUT2D eigenvalue weighted by atomic mass is 19.1. The van der Waals surface area contributed by atoms with Crippen LogP contribution in [0.1, 0.15) is 11.1 Å². The van der Waals surface area contributed by atoms with Gasteiger partial charge in [0.15, 0.2) is 0 Å². The maximum Gasteiger partial charge on any atom is 0.271 e. The van der Waals surface area contributed by atoms with Gasteiger partial charge in [-0.15, -0.1) is 0 Å². The van der Waals surface area contributed by atoms with E-state index in [2.05, 4.69) is 10.6 Å². The number of nitrogens with one attached hydrogen (secondary N) is 2. The van der Waals surface area contributed by atoms with E-state index < -0.39 is 4.92 Å². The van der Waals surface area contributed by atoms with Crippen LogP contribution in [-0.2, 0) is 11.2 Å². The molecule has 1 amide bonds. The number of amides is 1. The lowest BCUT2D eigenvalue weighted by Crippen LogP contribution is -2.31. The number of benzene rings is 2. The molecule has 0 aliphatic rings. The first-order chi connectivity index (χ1) is 11.5. The minimum Gasteiger partial charge on any atom is -0.376 e. The lowest BCUT2D eigenvalue weighted by Gasteiger charge is -2.10. The number of carbonyl (C=O) groups excluding carboxylic acids is 1. The van der Waals surface area contributed by atoms with Crippen molar-refractivity contribution in [2.45, 2.75) is 13.3 Å². The normalized spacial score (nSPS) is 10.2. The monoisotopic (exact) mass is 331 g/mol. The van der Waals surface area contributed by atoms with Crippen molar-refractivity contribution in [3.63, 3.8) is 0 Å².